The summed E-state index contributed by atoms with van der Waals surface area (Å²) >= 11 is 1.52. The van der Waals surface area contributed by atoms with Crippen LogP contribution in [0.25, 0.3) is 0 Å². The molecule has 3 rings (SSSR count). The lowest BCUT2D eigenvalue weighted by atomic mass is 10.1. The number of benzene rings is 1. The fourth-order valence-electron chi connectivity index (χ4n) is 2.71. The topological polar surface area (TPSA) is 73.5 Å². The van der Waals surface area contributed by atoms with Gasteiger partial charge in [-0.05, 0) is 25.1 Å². The molecule has 1 aromatic rings. The maximum Gasteiger partial charge on any atom is 0.251 e. The molecule has 124 valence electrons. The van der Waals surface area contributed by atoms with E-state index in [1.165, 1.54) is 11.8 Å². The molecule has 23 heavy (non-hydrogen) atoms. The van der Waals surface area contributed by atoms with Crippen LogP contribution in [0.3, 0.4) is 0 Å². The van der Waals surface area contributed by atoms with Crippen LogP contribution in [0.2, 0.25) is 0 Å². The van der Waals surface area contributed by atoms with E-state index in [4.69, 9.17) is 0 Å². The Kier molecular flexibility index (Phi) is 5.20. The van der Waals surface area contributed by atoms with Crippen molar-refractivity contribution in [1.29, 1.82) is 0 Å². The van der Waals surface area contributed by atoms with Gasteiger partial charge in [0.15, 0.2) is 0 Å². The van der Waals surface area contributed by atoms with E-state index < -0.39 is 0 Å². The molecule has 0 aromatic heterocycles. The third kappa shape index (κ3) is 4.04. The fourth-order valence-corrected chi connectivity index (χ4v) is 3.64. The van der Waals surface area contributed by atoms with Gasteiger partial charge in [-0.15, -0.1) is 11.8 Å². The zero-order valence-corrected chi connectivity index (χ0v) is 14.0. The summed E-state index contributed by atoms with van der Waals surface area (Å²) in [6.45, 7) is 7.44. The smallest absolute Gasteiger partial charge is 0.251 e. The van der Waals surface area contributed by atoms with Crippen LogP contribution < -0.4 is 16.0 Å². The van der Waals surface area contributed by atoms with Gasteiger partial charge >= 0.3 is 0 Å². The lowest BCUT2D eigenvalue weighted by Gasteiger charge is -2.27. The Labute approximate surface area is 140 Å². The SMILES string of the molecule is CC1Sc2ccc(C(=O)NCCN3CCNCC3)cc2NC1=O. The first-order valence-electron chi connectivity index (χ1n) is 7.96. The monoisotopic (exact) mass is 334 g/mol. The Morgan fingerprint density at radius 2 is 2.17 bits per heavy atom. The van der Waals surface area contributed by atoms with Gasteiger partial charge in [-0.3, -0.25) is 14.5 Å². The van der Waals surface area contributed by atoms with Crippen LogP contribution in [0.4, 0.5) is 5.69 Å². The van der Waals surface area contributed by atoms with Gasteiger partial charge < -0.3 is 16.0 Å². The van der Waals surface area contributed by atoms with E-state index in [-0.39, 0.29) is 17.1 Å². The van der Waals surface area contributed by atoms with Gasteiger partial charge in [0.25, 0.3) is 5.91 Å². The van der Waals surface area contributed by atoms with E-state index in [9.17, 15) is 9.59 Å². The molecule has 0 aliphatic carbocycles. The van der Waals surface area contributed by atoms with Crippen molar-refractivity contribution in [3.8, 4) is 0 Å². The molecule has 6 nitrogen and oxygen atoms in total. The van der Waals surface area contributed by atoms with Crippen molar-refractivity contribution in [2.24, 2.45) is 0 Å². The largest absolute Gasteiger partial charge is 0.351 e. The van der Waals surface area contributed by atoms with Crippen LogP contribution in [0.1, 0.15) is 17.3 Å². The van der Waals surface area contributed by atoms with E-state index in [2.05, 4.69) is 20.9 Å². The molecule has 0 radical (unpaired) electrons. The van der Waals surface area contributed by atoms with Gasteiger partial charge in [0.2, 0.25) is 5.91 Å². The zero-order valence-electron chi connectivity index (χ0n) is 13.2. The predicted octanol–water partition coefficient (Wildman–Crippen LogP) is 0.754. The molecule has 0 spiro atoms. The third-order valence-corrected chi connectivity index (χ3v) is 5.27. The summed E-state index contributed by atoms with van der Waals surface area (Å²) in [5.41, 5.74) is 1.31. The van der Waals surface area contributed by atoms with Crippen LogP contribution in [0.15, 0.2) is 23.1 Å². The van der Waals surface area contributed by atoms with Gasteiger partial charge in [-0.1, -0.05) is 0 Å². The minimum absolute atomic E-state index is 0.0150. The Balaban J connectivity index is 1.55. The Hall–Kier alpha value is -1.57. The van der Waals surface area contributed by atoms with E-state index in [0.29, 0.717) is 12.1 Å². The maximum absolute atomic E-state index is 12.3. The van der Waals surface area contributed by atoms with Crippen LogP contribution >= 0.6 is 11.8 Å². The summed E-state index contributed by atoms with van der Waals surface area (Å²) in [5, 5.41) is 9.02. The maximum atomic E-state index is 12.3. The van der Waals surface area contributed by atoms with Gasteiger partial charge in [-0.2, -0.15) is 0 Å². The van der Waals surface area contributed by atoms with Crippen molar-refractivity contribution >= 4 is 29.3 Å². The number of carbonyl (C=O) groups is 2. The standard InChI is InChI=1S/C16H22N4O2S/c1-11-15(21)19-13-10-12(2-3-14(13)23-11)16(22)18-6-9-20-7-4-17-5-8-20/h2-3,10-11,17H,4-9H2,1H3,(H,18,22)(H,19,21). The van der Waals surface area contributed by atoms with Gasteiger partial charge in [0.05, 0.1) is 10.9 Å². The molecular weight excluding hydrogens is 312 g/mol. The number of anilines is 1. The van der Waals surface area contributed by atoms with E-state index >= 15 is 0 Å². The summed E-state index contributed by atoms with van der Waals surface area (Å²) < 4.78 is 0. The predicted molar refractivity (Wildman–Crippen MR) is 92.0 cm³/mol. The van der Waals surface area contributed by atoms with Crippen molar-refractivity contribution in [3.63, 3.8) is 0 Å². The van der Waals surface area contributed by atoms with Crippen molar-refractivity contribution in [2.45, 2.75) is 17.1 Å². The molecule has 3 N–H and O–H groups in total. The van der Waals surface area contributed by atoms with E-state index in [1.807, 2.05) is 19.1 Å². The quantitative estimate of drug-likeness (QED) is 0.758. The highest BCUT2D eigenvalue weighted by atomic mass is 32.2. The van der Waals surface area contributed by atoms with Gasteiger partial charge in [0, 0.05) is 49.7 Å². The Morgan fingerprint density at radius 3 is 2.96 bits per heavy atom. The molecule has 2 aliphatic heterocycles. The normalized spacial score (nSPS) is 21.4. The van der Waals surface area contributed by atoms with Crippen LogP contribution in [0, 0.1) is 0 Å². The minimum atomic E-state index is -0.0965. The number of nitrogens with zero attached hydrogens (tertiary/aromatic N) is 1. The molecule has 1 aromatic carbocycles. The van der Waals surface area contributed by atoms with Crippen molar-refractivity contribution in [1.82, 2.24) is 15.5 Å². The number of carbonyl (C=O) groups excluding carboxylic acids is 2. The minimum Gasteiger partial charge on any atom is -0.351 e. The number of nitrogens with one attached hydrogen (secondary N) is 3. The lowest BCUT2D eigenvalue weighted by Crippen LogP contribution is -2.46. The molecule has 1 unspecified atom stereocenters. The molecule has 7 heteroatoms. The Bertz CT molecular complexity index is 602. The second-order valence-electron chi connectivity index (χ2n) is 5.81. The number of amides is 2. The highest BCUT2D eigenvalue weighted by molar-refractivity contribution is 8.00. The number of piperazine rings is 1. The summed E-state index contributed by atoms with van der Waals surface area (Å²) in [5.74, 6) is -0.112. The second-order valence-corrected chi connectivity index (χ2v) is 7.19. The molecule has 1 saturated heterocycles. The van der Waals surface area contributed by atoms with Gasteiger partial charge in [-0.25, -0.2) is 0 Å². The molecule has 2 amide bonds. The Morgan fingerprint density at radius 1 is 1.39 bits per heavy atom. The van der Waals surface area contributed by atoms with Crippen LogP contribution in [-0.4, -0.2) is 61.2 Å². The molecule has 1 fully saturated rings. The number of thioether (sulfide) groups is 1. The lowest BCUT2D eigenvalue weighted by molar-refractivity contribution is -0.115. The van der Waals surface area contributed by atoms with Crippen molar-refractivity contribution in [3.05, 3.63) is 23.8 Å². The van der Waals surface area contributed by atoms with Crippen LogP contribution in [0.5, 0.6) is 0 Å². The molecule has 0 bridgehead atoms. The summed E-state index contributed by atoms with van der Waals surface area (Å²) in [7, 11) is 0. The fraction of sp³-hybridized carbons (Fsp3) is 0.500. The first-order valence-corrected chi connectivity index (χ1v) is 8.84. The first kappa shape index (κ1) is 16.3. The summed E-state index contributed by atoms with van der Waals surface area (Å²) in [6, 6.07) is 5.48. The number of hydrogen-bond acceptors (Lipinski definition) is 5. The zero-order chi connectivity index (χ0) is 16.2. The first-order chi connectivity index (χ1) is 11.1. The number of fused-ring (bicyclic) bond motifs is 1. The van der Waals surface area contributed by atoms with Crippen LogP contribution in [-0.2, 0) is 4.79 Å². The molecular formula is C16H22N4O2S. The van der Waals surface area contributed by atoms with Gasteiger partial charge in [0.1, 0.15) is 0 Å². The number of hydrogen-bond donors (Lipinski definition) is 3. The van der Waals surface area contributed by atoms with E-state index in [1.54, 1.807) is 6.07 Å². The summed E-state index contributed by atoms with van der Waals surface area (Å²) in [4.78, 5) is 27.3. The van der Waals surface area contributed by atoms with E-state index in [0.717, 1.165) is 43.3 Å². The van der Waals surface area contributed by atoms with Crippen molar-refractivity contribution in [2.75, 3.05) is 44.6 Å². The average Bonchev–Trinajstić information content (AvgIpc) is 2.56. The molecule has 0 saturated carbocycles. The number of rotatable bonds is 4. The highest BCUT2D eigenvalue weighted by Gasteiger charge is 2.23. The third-order valence-electron chi connectivity index (χ3n) is 4.10. The molecule has 2 aliphatic rings. The average molecular weight is 334 g/mol. The molecule has 1 atom stereocenters. The highest BCUT2D eigenvalue weighted by Crippen LogP contribution is 2.35. The van der Waals surface area contributed by atoms with Crippen molar-refractivity contribution < 1.29 is 9.59 Å². The second kappa shape index (κ2) is 7.33. The molecule has 2 heterocycles. The summed E-state index contributed by atoms with van der Waals surface area (Å²) in [6.07, 6.45) is 0.